The minimum Gasteiger partial charge on any atom is -0.343 e. The SMILES string of the molecule is CCCCN(CC)C(=O)CCC(CCN)C(C)C. The molecule has 0 radical (unpaired) electrons. The van der Waals surface area contributed by atoms with Crippen molar-refractivity contribution in [1.29, 1.82) is 0 Å². The third kappa shape index (κ3) is 7.00. The van der Waals surface area contributed by atoms with Crippen molar-refractivity contribution in [2.45, 2.75) is 59.8 Å². The lowest BCUT2D eigenvalue weighted by Crippen LogP contribution is -2.32. The molecule has 0 rings (SSSR count). The van der Waals surface area contributed by atoms with Gasteiger partial charge in [-0.05, 0) is 44.6 Å². The maximum atomic E-state index is 12.1. The number of unbranched alkanes of at least 4 members (excludes halogenated alkanes) is 1. The largest absolute Gasteiger partial charge is 0.343 e. The number of nitrogens with zero attached hydrogens (tertiary/aromatic N) is 1. The van der Waals surface area contributed by atoms with Crippen molar-refractivity contribution >= 4 is 5.91 Å². The zero-order valence-electron chi connectivity index (χ0n) is 12.7. The third-order valence-electron chi connectivity index (χ3n) is 3.73. The van der Waals surface area contributed by atoms with Crippen LogP contribution < -0.4 is 5.73 Å². The highest BCUT2D eigenvalue weighted by atomic mass is 16.2. The van der Waals surface area contributed by atoms with Crippen LogP contribution >= 0.6 is 0 Å². The summed E-state index contributed by atoms with van der Waals surface area (Å²) in [6, 6.07) is 0. The van der Waals surface area contributed by atoms with Crippen molar-refractivity contribution in [3.05, 3.63) is 0 Å². The molecule has 1 unspecified atom stereocenters. The second kappa shape index (κ2) is 10.4. The minimum absolute atomic E-state index is 0.314. The lowest BCUT2D eigenvalue weighted by atomic mass is 9.88. The summed E-state index contributed by atoms with van der Waals surface area (Å²) in [5.41, 5.74) is 5.63. The molecule has 0 saturated carbocycles. The first-order chi connectivity index (χ1) is 8.56. The van der Waals surface area contributed by atoms with Gasteiger partial charge in [0, 0.05) is 19.5 Å². The fourth-order valence-corrected chi connectivity index (χ4v) is 2.30. The number of carbonyl (C=O) groups is 1. The van der Waals surface area contributed by atoms with Crippen molar-refractivity contribution in [3.8, 4) is 0 Å². The first kappa shape index (κ1) is 17.4. The van der Waals surface area contributed by atoms with E-state index in [2.05, 4.69) is 27.7 Å². The second-order valence-corrected chi connectivity index (χ2v) is 5.45. The van der Waals surface area contributed by atoms with Gasteiger partial charge in [0.1, 0.15) is 0 Å². The van der Waals surface area contributed by atoms with E-state index in [1.807, 2.05) is 4.90 Å². The standard InChI is InChI=1S/C15H32N2O/c1-5-7-12-17(6-2)15(18)9-8-14(10-11-16)13(3)4/h13-14H,5-12,16H2,1-4H3. The summed E-state index contributed by atoms with van der Waals surface area (Å²) in [6.07, 6.45) is 4.95. The van der Waals surface area contributed by atoms with E-state index in [1.165, 1.54) is 0 Å². The molecular weight excluding hydrogens is 224 g/mol. The van der Waals surface area contributed by atoms with Gasteiger partial charge in [-0.15, -0.1) is 0 Å². The third-order valence-corrected chi connectivity index (χ3v) is 3.73. The van der Waals surface area contributed by atoms with Crippen LogP contribution in [0.25, 0.3) is 0 Å². The number of hydrogen-bond donors (Lipinski definition) is 1. The van der Waals surface area contributed by atoms with E-state index in [0.717, 1.165) is 45.3 Å². The molecule has 0 spiro atoms. The maximum absolute atomic E-state index is 12.1. The van der Waals surface area contributed by atoms with Crippen LogP contribution in [0.1, 0.15) is 59.8 Å². The van der Waals surface area contributed by atoms with Gasteiger partial charge in [0.2, 0.25) is 5.91 Å². The fraction of sp³-hybridized carbons (Fsp3) is 0.933. The van der Waals surface area contributed by atoms with Gasteiger partial charge in [-0.25, -0.2) is 0 Å². The molecule has 0 aromatic carbocycles. The molecule has 0 aliphatic heterocycles. The Hall–Kier alpha value is -0.570. The van der Waals surface area contributed by atoms with Crippen LogP contribution in [-0.2, 0) is 4.79 Å². The Balaban J connectivity index is 4.11. The highest BCUT2D eigenvalue weighted by molar-refractivity contribution is 5.76. The molecule has 108 valence electrons. The molecule has 0 aromatic heterocycles. The molecular formula is C15H32N2O. The molecule has 1 amide bonds. The average Bonchev–Trinajstić information content (AvgIpc) is 2.34. The van der Waals surface area contributed by atoms with Gasteiger partial charge < -0.3 is 10.6 Å². The van der Waals surface area contributed by atoms with Crippen LogP contribution in [0.3, 0.4) is 0 Å². The number of nitrogens with two attached hydrogens (primary N) is 1. The monoisotopic (exact) mass is 256 g/mol. The Labute approximate surface area is 113 Å². The van der Waals surface area contributed by atoms with Crippen LogP contribution in [0.4, 0.5) is 0 Å². The number of rotatable bonds is 10. The molecule has 18 heavy (non-hydrogen) atoms. The highest BCUT2D eigenvalue weighted by Crippen LogP contribution is 2.20. The van der Waals surface area contributed by atoms with E-state index in [1.54, 1.807) is 0 Å². The summed E-state index contributed by atoms with van der Waals surface area (Å²) < 4.78 is 0. The van der Waals surface area contributed by atoms with Crippen LogP contribution in [0.5, 0.6) is 0 Å². The Morgan fingerprint density at radius 3 is 2.33 bits per heavy atom. The molecule has 3 nitrogen and oxygen atoms in total. The fourth-order valence-electron chi connectivity index (χ4n) is 2.30. The lowest BCUT2D eigenvalue weighted by molar-refractivity contribution is -0.131. The zero-order valence-corrected chi connectivity index (χ0v) is 12.7. The van der Waals surface area contributed by atoms with Crippen LogP contribution in [0.2, 0.25) is 0 Å². The summed E-state index contributed by atoms with van der Waals surface area (Å²) >= 11 is 0. The average molecular weight is 256 g/mol. The Kier molecular flexibility index (Phi) is 10.0. The first-order valence-corrected chi connectivity index (χ1v) is 7.54. The van der Waals surface area contributed by atoms with E-state index < -0.39 is 0 Å². The summed E-state index contributed by atoms with van der Waals surface area (Å²) in [5, 5.41) is 0. The Bertz CT molecular complexity index is 217. The number of hydrogen-bond acceptors (Lipinski definition) is 2. The van der Waals surface area contributed by atoms with Gasteiger partial charge >= 0.3 is 0 Å². The van der Waals surface area contributed by atoms with Crippen LogP contribution in [0, 0.1) is 11.8 Å². The number of amides is 1. The molecule has 2 N–H and O–H groups in total. The number of carbonyl (C=O) groups excluding carboxylic acids is 1. The Morgan fingerprint density at radius 2 is 1.89 bits per heavy atom. The van der Waals surface area contributed by atoms with Crippen molar-refractivity contribution in [2.24, 2.45) is 17.6 Å². The van der Waals surface area contributed by atoms with Gasteiger partial charge in [-0.2, -0.15) is 0 Å². The van der Waals surface area contributed by atoms with E-state index >= 15 is 0 Å². The lowest BCUT2D eigenvalue weighted by Gasteiger charge is -2.24. The molecule has 0 aliphatic carbocycles. The highest BCUT2D eigenvalue weighted by Gasteiger charge is 2.17. The van der Waals surface area contributed by atoms with Crippen LogP contribution in [-0.4, -0.2) is 30.4 Å². The smallest absolute Gasteiger partial charge is 0.222 e. The zero-order chi connectivity index (χ0) is 14.0. The van der Waals surface area contributed by atoms with E-state index in [0.29, 0.717) is 24.2 Å². The van der Waals surface area contributed by atoms with Crippen LogP contribution in [0.15, 0.2) is 0 Å². The quantitative estimate of drug-likeness (QED) is 0.653. The van der Waals surface area contributed by atoms with E-state index in [9.17, 15) is 4.79 Å². The topological polar surface area (TPSA) is 46.3 Å². The second-order valence-electron chi connectivity index (χ2n) is 5.45. The molecule has 0 saturated heterocycles. The molecule has 0 heterocycles. The molecule has 3 heteroatoms. The minimum atomic E-state index is 0.314. The molecule has 0 aliphatic rings. The molecule has 1 atom stereocenters. The summed E-state index contributed by atoms with van der Waals surface area (Å²) in [4.78, 5) is 14.1. The van der Waals surface area contributed by atoms with Gasteiger partial charge in [0.25, 0.3) is 0 Å². The predicted octanol–water partition coefficient (Wildman–Crippen LogP) is 3.04. The first-order valence-electron chi connectivity index (χ1n) is 7.54. The van der Waals surface area contributed by atoms with E-state index in [4.69, 9.17) is 5.73 Å². The van der Waals surface area contributed by atoms with Gasteiger partial charge in [0.15, 0.2) is 0 Å². The molecule has 0 aromatic rings. The van der Waals surface area contributed by atoms with Crippen molar-refractivity contribution < 1.29 is 4.79 Å². The van der Waals surface area contributed by atoms with Gasteiger partial charge in [-0.1, -0.05) is 27.2 Å². The summed E-state index contributed by atoms with van der Waals surface area (Å²) in [7, 11) is 0. The van der Waals surface area contributed by atoms with Crippen molar-refractivity contribution in [2.75, 3.05) is 19.6 Å². The normalized spacial score (nSPS) is 12.8. The summed E-state index contributed by atoms with van der Waals surface area (Å²) in [5.74, 6) is 1.52. The summed E-state index contributed by atoms with van der Waals surface area (Å²) in [6.45, 7) is 11.1. The van der Waals surface area contributed by atoms with Gasteiger partial charge in [-0.3, -0.25) is 4.79 Å². The van der Waals surface area contributed by atoms with Gasteiger partial charge in [0.05, 0.1) is 0 Å². The molecule has 0 bridgehead atoms. The molecule has 0 fully saturated rings. The Morgan fingerprint density at radius 1 is 1.22 bits per heavy atom. The predicted molar refractivity (Wildman–Crippen MR) is 78.4 cm³/mol. The maximum Gasteiger partial charge on any atom is 0.222 e. The van der Waals surface area contributed by atoms with Crippen molar-refractivity contribution in [3.63, 3.8) is 0 Å². The van der Waals surface area contributed by atoms with Crippen molar-refractivity contribution in [1.82, 2.24) is 4.90 Å². The van der Waals surface area contributed by atoms with E-state index in [-0.39, 0.29) is 0 Å².